The first kappa shape index (κ1) is 11.5. The van der Waals surface area contributed by atoms with Crippen molar-refractivity contribution in [3.8, 4) is 0 Å². The van der Waals surface area contributed by atoms with E-state index < -0.39 is 5.97 Å². The van der Waals surface area contributed by atoms with Gasteiger partial charge in [-0.05, 0) is 27.9 Å². The predicted octanol–water partition coefficient (Wildman–Crippen LogP) is 3.03. The van der Waals surface area contributed by atoms with Crippen LogP contribution < -0.4 is 5.32 Å². The number of carbonyl (C=O) groups is 1. The third-order valence-electron chi connectivity index (χ3n) is 1.72. The number of halogens is 1. The Balaban J connectivity index is 2.30. The van der Waals surface area contributed by atoms with Crippen LogP contribution in [0.25, 0.3) is 0 Å². The fraction of sp³-hybridized carbons (Fsp3) is 0.444. The number of carboxylic acids is 1. The fourth-order valence-corrected chi connectivity index (χ4v) is 2.38. The third-order valence-corrected chi connectivity index (χ3v) is 3.36. The van der Waals surface area contributed by atoms with Gasteiger partial charge in [-0.1, -0.05) is 6.92 Å². The number of rotatable bonds is 5. The lowest BCUT2D eigenvalue weighted by Crippen LogP contribution is -2.14. The van der Waals surface area contributed by atoms with E-state index in [4.69, 9.17) is 5.11 Å². The van der Waals surface area contributed by atoms with E-state index in [9.17, 15) is 4.79 Å². The molecule has 1 rings (SSSR count). The molecule has 0 aliphatic heterocycles. The zero-order chi connectivity index (χ0) is 10.6. The fourth-order valence-electron chi connectivity index (χ4n) is 1.05. The van der Waals surface area contributed by atoms with Crippen LogP contribution in [0.1, 0.15) is 13.3 Å². The molecular formula is C9H12BrNO2S. The highest BCUT2D eigenvalue weighted by Gasteiger charge is 2.07. The number of hydrogen-bond donors (Lipinski definition) is 2. The Morgan fingerprint density at radius 2 is 2.50 bits per heavy atom. The number of carboxylic acid groups (broad SMARTS) is 1. The van der Waals surface area contributed by atoms with Crippen molar-refractivity contribution in [2.24, 2.45) is 5.92 Å². The van der Waals surface area contributed by atoms with E-state index in [-0.39, 0.29) is 12.3 Å². The molecule has 1 atom stereocenters. The summed E-state index contributed by atoms with van der Waals surface area (Å²) in [5.74, 6) is -0.597. The van der Waals surface area contributed by atoms with Crippen LogP contribution in [-0.4, -0.2) is 17.6 Å². The molecule has 0 bridgehead atoms. The highest BCUT2D eigenvalue weighted by Crippen LogP contribution is 2.24. The van der Waals surface area contributed by atoms with E-state index in [1.807, 2.05) is 18.4 Å². The molecule has 0 radical (unpaired) electrons. The minimum atomic E-state index is -0.744. The maximum atomic E-state index is 10.4. The molecule has 1 heterocycles. The van der Waals surface area contributed by atoms with Crippen LogP contribution >= 0.6 is 27.3 Å². The summed E-state index contributed by atoms with van der Waals surface area (Å²) in [6.07, 6.45) is 0.208. The zero-order valence-electron chi connectivity index (χ0n) is 7.79. The molecule has 0 aliphatic carbocycles. The number of aliphatic carboxylic acids is 1. The van der Waals surface area contributed by atoms with Crippen molar-refractivity contribution in [3.05, 3.63) is 15.9 Å². The van der Waals surface area contributed by atoms with Crippen LogP contribution in [-0.2, 0) is 4.79 Å². The Morgan fingerprint density at radius 3 is 3.00 bits per heavy atom. The molecule has 1 aromatic rings. The largest absolute Gasteiger partial charge is 0.481 e. The van der Waals surface area contributed by atoms with Gasteiger partial charge in [-0.2, -0.15) is 0 Å². The van der Waals surface area contributed by atoms with E-state index in [1.54, 1.807) is 11.3 Å². The highest BCUT2D eigenvalue weighted by atomic mass is 79.9. The van der Waals surface area contributed by atoms with Gasteiger partial charge in [0.05, 0.1) is 5.00 Å². The molecule has 1 aromatic heterocycles. The first-order chi connectivity index (χ1) is 6.58. The molecule has 0 fully saturated rings. The van der Waals surface area contributed by atoms with Crippen molar-refractivity contribution in [2.45, 2.75) is 13.3 Å². The molecule has 3 nitrogen and oxygen atoms in total. The first-order valence-corrected chi connectivity index (χ1v) is 5.95. The molecule has 14 heavy (non-hydrogen) atoms. The van der Waals surface area contributed by atoms with E-state index in [2.05, 4.69) is 21.2 Å². The maximum Gasteiger partial charge on any atom is 0.303 e. The van der Waals surface area contributed by atoms with Crippen molar-refractivity contribution < 1.29 is 9.90 Å². The summed E-state index contributed by atoms with van der Waals surface area (Å²) >= 11 is 4.96. The summed E-state index contributed by atoms with van der Waals surface area (Å²) in [5, 5.41) is 14.8. The van der Waals surface area contributed by atoms with Gasteiger partial charge in [-0.15, -0.1) is 11.3 Å². The van der Waals surface area contributed by atoms with Crippen molar-refractivity contribution in [3.63, 3.8) is 0 Å². The molecule has 1 unspecified atom stereocenters. The lowest BCUT2D eigenvalue weighted by Gasteiger charge is -2.09. The van der Waals surface area contributed by atoms with Gasteiger partial charge in [0.2, 0.25) is 0 Å². The van der Waals surface area contributed by atoms with Gasteiger partial charge in [-0.25, -0.2) is 0 Å². The normalized spacial score (nSPS) is 12.4. The molecule has 0 aliphatic rings. The van der Waals surface area contributed by atoms with Crippen molar-refractivity contribution in [1.82, 2.24) is 0 Å². The highest BCUT2D eigenvalue weighted by molar-refractivity contribution is 9.10. The Bertz CT molecular complexity index is 314. The quantitative estimate of drug-likeness (QED) is 0.870. The molecule has 0 spiro atoms. The second-order valence-electron chi connectivity index (χ2n) is 3.21. The van der Waals surface area contributed by atoms with Crippen molar-refractivity contribution in [1.29, 1.82) is 0 Å². The van der Waals surface area contributed by atoms with Gasteiger partial charge in [-0.3, -0.25) is 4.79 Å². The molecule has 2 N–H and O–H groups in total. The molecule has 0 aromatic carbocycles. The molecule has 5 heteroatoms. The molecule has 78 valence electrons. The zero-order valence-corrected chi connectivity index (χ0v) is 10.2. The van der Waals surface area contributed by atoms with E-state index in [0.717, 1.165) is 9.47 Å². The van der Waals surface area contributed by atoms with Gasteiger partial charge in [0, 0.05) is 22.8 Å². The maximum absolute atomic E-state index is 10.4. The van der Waals surface area contributed by atoms with Gasteiger partial charge < -0.3 is 10.4 Å². The van der Waals surface area contributed by atoms with Crippen molar-refractivity contribution in [2.75, 3.05) is 11.9 Å². The van der Waals surface area contributed by atoms with E-state index in [1.165, 1.54) is 0 Å². The standard InChI is InChI=1S/C9H12BrNO2S/c1-6(2-9(12)13)4-11-8-3-7(10)5-14-8/h3,5-6,11H,2,4H2,1H3,(H,12,13). The van der Waals surface area contributed by atoms with Gasteiger partial charge >= 0.3 is 5.97 Å². The Labute approximate surface area is 95.3 Å². The molecule has 0 amide bonds. The first-order valence-electron chi connectivity index (χ1n) is 4.27. The minimum Gasteiger partial charge on any atom is -0.481 e. The Morgan fingerprint density at radius 1 is 1.79 bits per heavy atom. The van der Waals surface area contributed by atoms with E-state index >= 15 is 0 Å². The van der Waals surface area contributed by atoms with Crippen LogP contribution in [0, 0.1) is 5.92 Å². The summed E-state index contributed by atoms with van der Waals surface area (Å²) in [6, 6.07) is 1.98. The average Bonchev–Trinajstić information content (AvgIpc) is 2.47. The second-order valence-corrected chi connectivity index (χ2v) is 5.04. The topological polar surface area (TPSA) is 49.3 Å². The smallest absolute Gasteiger partial charge is 0.303 e. The lowest BCUT2D eigenvalue weighted by molar-refractivity contribution is -0.137. The van der Waals surface area contributed by atoms with Crippen LogP contribution in [0.15, 0.2) is 15.9 Å². The lowest BCUT2D eigenvalue weighted by atomic mass is 10.1. The number of nitrogens with one attached hydrogen (secondary N) is 1. The Kier molecular flexibility index (Phi) is 4.41. The number of thiophene rings is 1. The van der Waals surface area contributed by atoms with Crippen LogP contribution in [0.4, 0.5) is 5.00 Å². The summed E-state index contributed by atoms with van der Waals surface area (Å²) in [6.45, 7) is 2.61. The summed E-state index contributed by atoms with van der Waals surface area (Å²) < 4.78 is 1.05. The SMILES string of the molecule is CC(CNc1cc(Br)cs1)CC(=O)O. The minimum absolute atomic E-state index is 0.147. The summed E-state index contributed by atoms with van der Waals surface area (Å²) in [5.41, 5.74) is 0. The van der Waals surface area contributed by atoms with Crippen molar-refractivity contribution >= 4 is 38.2 Å². The molecule has 0 saturated heterocycles. The molecule has 0 saturated carbocycles. The number of anilines is 1. The van der Waals surface area contributed by atoms with Crippen LogP contribution in [0.3, 0.4) is 0 Å². The Hall–Kier alpha value is -0.550. The molecular weight excluding hydrogens is 266 g/mol. The van der Waals surface area contributed by atoms with Crippen LogP contribution in [0.2, 0.25) is 0 Å². The predicted molar refractivity (Wildman–Crippen MR) is 61.9 cm³/mol. The van der Waals surface area contributed by atoms with Crippen LogP contribution in [0.5, 0.6) is 0 Å². The number of hydrogen-bond acceptors (Lipinski definition) is 3. The second kappa shape index (κ2) is 5.36. The van der Waals surface area contributed by atoms with Gasteiger partial charge in [0.15, 0.2) is 0 Å². The third kappa shape index (κ3) is 4.11. The summed E-state index contributed by atoms with van der Waals surface area (Å²) in [4.78, 5) is 10.4. The van der Waals surface area contributed by atoms with E-state index in [0.29, 0.717) is 6.54 Å². The summed E-state index contributed by atoms with van der Waals surface area (Å²) in [7, 11) is 0. The van der Waals surface area contributed by atoms with Gasteiger partial charge in [0.25, 0.3) is 0 Å². The average molecular weight is 278 g/mol. The monoisotopic (exact) mass is 277 g/mol. The van der Waals surface area contributed by atoms with Gasteiger partial charge in [0.1, 0.15) is 0 Å².